The van der Waals surface area contributed by atoms with Crippen LogP contribution in [0.25, 0.3) is 11.6 Å². The van der Waals surface area contributed by atoms with Crippen molar-refractivity contribution in [1.29, 1.82) is 0 Å². The van der Waals surface area contributed by atoms with E-state index >= 15 is 0 Å². The maximum absolute atomic E-state index is 14.4. The Hall–Kier alpha value is -3.35. The van der Waals surface area contributed by atoms with Crippen molar-refractivity contribution < 1.29 is 13.9 Å². The Bertz CT molecular complexity index is 1130. The number of hydrogen-bond acceptors (Lipinski definition) is 5. The van der Waals surface area contributed by atoms with Crippen molar-refractivity contribution in [2.45, 2.75) is 12.5 Å². The summed E-state index contributed by atoms with van der Waals surface area (Å²) < 4.78 is 19.6. The molecule has 0 bridgehead atoms. The molecule has 4 heterocycles. The van der Waals surface area contributed by atoms with Crippen LogP contribution in [-0.2, 0) is 4.74 Å². The van der Waals surface area contributed by atoms with Gasteiger partial charge < -0.3 is 9.64 Å². The first-order valence-corrected chi connectivity index (χ1v) is 9.74. The van der Waals surface area contributed by atoms with E-state index in [0.29, 0.717) is 13.2 Å². The first-order valence-electron chi connectivity index (χ1n) is 9.74. The molecule has 1 amide bonds. The average Bonchev–Trinajstić information content (AvgIpc) is 3.24. The van der Waals surface area contributed by atoms with Crippen molar-refractivity contribution in [2.75, 3.05) is 26.7 Å². The minimum atomic E-state index is -0.254. The third-order valence-electron chi connectivity index (χ3n) is 6.13. The van der Waals surface area contributed by atoms with E-state index in [2.05, 4.69) is 27.7 Å². The highest BCUT2D eigenvalue weighted by atomic mass is 19.1. The largest absolute Gasteiger partial charge is 0.447 e. The van der Waals surface area contributed by atoms with Crippen LogP contribution < -0.4 is 5.43 Å². The van der Waals surface area contributed by atoms with Crippen LogP contribution in [0.2, 0.25) is 0 Å². The van der Waals surface area contributed by atoms with Crippen molar-refractivity contribution in [2.24, 2.45) is 5.10 Å². The number of nitrogens with zero attached hydrogens (tertiary/aromatic N) is 3. The summed E-state index contributed by atoms with van der Waals surface area (Å²) in [6.07, 6.45) is 8.52. The number of carbonyl (C=O) groups excluding carboxylic acids is 1. The van der Waals surface area contributed by atoms with E-state index in [1.165, 1.54) is 5.57 Å². The molecule has 0 saturated carbocycles. The van der Waals surface area contributed by atoms with Crippen LogP contribution in [0.3, 0.4) is 0 Å². The number of fused-ring (bicyclic) bond motifs is 3. The number of hydrazone groups is 1. The lowest BCUT2D eigenvalue weighted by atomic mass is 9.87. The van der Waals surface area contributed by atoms with Gasteiger partial charge >= 0.3 is 6.09 Å². The van der Waals surface area contributed by atoms with Gasteiger partial charge in [0.15, 0.2) is 0 Å². The number of likely N-dealkylation sites (N-methyl/N-ethyl adjacent to an activating group) is 1. The summed E-state index contributed by atoms with van der Waals surface area (Å²) in [5.74, 6) is -0.254. The summed E-state index contributed by atoms with van der Waals surface area (Å²) in [7, 11) is 2.02. The second kappa shape index (κ2) is 5.83. The third kappa shape index (κ3) is 2.40. The molecule has 1 N–H and O–H groups in total. The fourth-order valence-corrected chi connectivity index (χ4v) is 4.80. The van der Waals surface area contributed by atoms with Crippen molar-refractivity contribution in [3.8, 4) is 0 Å². The molecule has 1 saturated heterocycles. The van der Waals surface area contributed by atoms with E-state index < -0.39 is 0 Å². The molecule has 0 unspecified atom stereocenters. The fraction of sp³-hybridized carbons (Fsp3) is 0.273. The van der Waals surface area contributed by atoms with Gasteiger partial charge in [-0.15, -0.1) is 0 Å². The first kappa shape index (κ1) is 16.6. The zero-order chi connectivity index (χ0) is 19.7. The van der Waals surface area contributed by atoms with Gasteiger partial charge in [-0.3, -0.25) is 10.3 Å². The second-order valence-corrected chi connectivity index (χ2v) is 7.95. The van der Waals surface area contributed by atoms with Crippen LogP contribution in [0.1, 0.15) is 23.1 Å². The number of cyclic esters (lactones) is 1. The van der Waals surface area contributed by atoms with Crippen molar-refractivity contribution in [3.05, 3.63) is 69.8 Å². The van der Waals surface area contributed by atoms with Crippen LogP contribution in [0.4, 0.5) is 9.18 Å². The number of benzene rings is 1. The quantitative estimate of drug-likeness (QED) is 0.801. The number of rotatable bonds is 1. The zero-order valence-corrected chi connectivity index (χ0v) is 15.9. The molecule has 7 heteroatoms. The van der Waals surface area contributed by atoms with Gasteiger partial charge in [-0.2, -0.15) is 5.10 Å². The number of amides is 1. The molecule has 0 aromatic heterocycles. The Morgan fingerprint density at radius 2 is 2.21 bits per heavy atom. The maximum Gasteiger partial charge on any atom is 0.410 e. The normalized spacial score (nSPS) is 24.1. The van der Waals surface area contributed by atoms with Gasteiger partial charge in [-0.1, -0.05) is 12.2 Å². The molecule has 29 heavy (non-hydrogen) atoms. The predicted molar refractivity (Wildman–Crippen MR) is 107 cm³/mol. The van der Waals surface area contributed by atoms with Crippen LogP contribution in [0.5, 0.6) is 0 Å². The highest BCUT2D eigenvalue weighted by Crippen LogP contribution is 2.40. The van der Waals surface area contributed by atoms with Crippen LogP contribution >= 0.6 is 0 Å². The van der Waals surface area contributed by atoms with Crippen molar-refractivity contribution in [1.82, 2.24) is 15.2 Å². The molecule has 1 aromatic carbocycles. The Kier molecular flexibility index (Phi) is 3.33. The fourth-order valence-electron chi connectivity index (χ4n) is 4.80. The summed E-state index contributed by atoms with van der Waals surface area (Å²) in [6, 6.07) is 3.12. The van der Waals surface area contributed by atoms with Gasteiger partial charge in [0, 0.05) is 43.0 Å². The molecule has 0 spiro atoms. The molecular formula is C22H19FN4O2. The van der Waals surface area contributed by atoms with Crippen molar-refractivity contribution in [3.63, 3.8) is 0 Å². The van der Waals surface area contributed by atoms with Crippen LogP contribution in [0.15, 0.2) is 52.4 Å². The summed E-state index contributed by atoms with van der Waals surface area (Å²) in [4.78, 5) is 15.7. The van der Waals surface area contributed by atoms with Crippen LogP contribution in [0, 0.1) is 5.82 Å². The Balaban J connectivity index is 1.52. The van der Waals surface area contributed by atoms with E-state index in [0.717, 1.165) is 52.2 Å². The zero-order valence-electron chi connectivity index (χ0n) is 15.9. The Morgan fingerprint density at radius 3 is 3.10 bits per heavy atom. The summed E-state index contributed by atoms with van der Waals surface area (Å²) in [5, 5.41) is 4.62. The minimum absolute atomic E-state index is 0.0259. The summed E-state index contributed by atoms with van der Waals surface area (Å²) >= 11 is 0. The standard InChI is InChI=1S/C22H19FN4O2/c1-26-9-17(12-4-5-27-15(7-12)11-29-22(27)28)21-18(10-26)16-8-14(23)6-13-2-3-19(20(13)16)24-25-21/h2-3,6-8,10,15,25H,4-5,9,11H2,1H3/t15-/m0/s1. The van der Waals surface area contributed by atoms with E-state index in [1.807, 2.05) is 19.2 Å². The number of allylic oxidation sites excluding steroid dienone is 2. The third-order valence-corrected chi connectivity index (χ3v) is 6.13. The van der Waals surface area contributed by atoms with E-state index in [1.54, 1.807) is 17.0 Å². The molecule has 6 nitrogen and oxygen atoms in total. The Labute approximate surface area is 167 Å². The lowest BCUT2D eigenvalue weighted by Gasteiger charge is -2.32. The number of nitrogens with one attached hydrogen (secondary N) is 1. The topological polar surface area (TPSA) is 57.2 Å². The predicted octanol–water partition coefficient (Wildman–Crippen LogP) is 2.85. The van der Waals surface area contributed by atoms with Gasteiger partial charge in [-0.05, 0) is 41.3 Å². The lowest BCUT2D eigenvalue weighted by molar-refractivity contribution is 0.158. The van der Waals surface area contributed by atoms with Gasteiger partial charge in [-0.25, -0.2) is 9.18 Å². The number of carbonyl (C=O) groups is 1. The highest BCUT2D eigenvalue weighted by Gasteiger charge is 2.36. The SMILES string of the molecule is CN1C=C2C(=C(C3=C[C@H]4COC(=O)N4CC3)C1)NN=C1C=Cc3cc(F)cc2c31. The average molecular weight is 390 g/mol. The highest BCUT2D eigenvalue weighted by molar-refractivity contribution is 6.20. The molecule has 1 atom stereocenters. The molecule has 1 aromatic rings. The molecule has 6 rings (SSSR count). The molecular weight excluding hydrogens is 371 g/mol. The number of halogens is 1. The lowest BCUT2D eigenvalue weighted by Crippen LogP contribution is -2.37. The van der Waals surface area contributed by atoms with Gasteiger partial charge in [0.1, 0.15) is 12.4 Å². The number of hydrogen-bond donors (Lipinski definition) is 1. The van der Waals surface area contributed by atoms with Gasteiger partial charge in [0.2, 0.25) is 0 Å². The van der Waals surface area contributed by atoms with E-state index in [-0.39, 0.29) is 18.0 Å². The van der Waals surface area contributed by atoms with Crippen molar-refractivity contribution >= 4 is 23.5 Å². The molecule has 4 aliphatic heterocycles. The summed E-state index contributed by atoms with van der Waals surface area (Å²) in [6.45, 7) is 1.75. The number of ether oxygens (including phenoxy) is 1. The smallest absolute Gasteiger partial charge is 0.410 e. The van der Waals surface area contributed by atoms with E-state index in [9.17, 15) is 9.18 Å². The first-order chi connectivity index (χ1) is 14.1. The maximum atomic E-state index is 14.4. The molecule has 1 aliphatic carbocycles. The monoisotopic (exact) mass is 390 g/mol. The van der Waals surface area contributed by atoms with Crippen LogP contribution in [-0.4, -0.2) is 54.4 Å². The summed E-state index contributed by atoms with van der Waals surface area (Å²) in [5.41, 5.74) is 10.9. The van der Waals surface area contributed by atoms with Gasteiger partial charge in [0.25, 0.3) is 0 Å². The molecule has 0 radical (unpaired) electrons. The molecule has 5 aliphatic rings. The molecule has 146 valence electrons. The van der Waals surface area contributed by atoms with Gasteiger partial charge in [0.05, 0.1) is 17.5 Å². The van der Waals surface area contributed by atoms with E-state index in [4.69, 9.17) is 4.74 Å². The second-order valence-electron chi connectivity index (χ2n) is 7.95. The minimum Gasteiger partial charge on any atom is -0.447 e. The molecule has 1 fully saturated rings. The Morgan fingerprint density at radius 1 is 1.31 bits per heavy atom.